The van der Waals surface area contributed by atoms with Crippen molar-refractivity contribution >= 4 is 17.5 Å². The van der Waals surface area contributed by atoms with Crippen LogP contribution in [0.2, 0.25) is 0 Å². The summed E-state index contributed by atoms with van der Waals surface area (Å²) in [5.41, 5.74) is 5.32. The molecule has 166 valence electrons. The molecule has 0 N–H and O–H groups in total. The van der Waals surface area contributed by atoms with Gasteiger partial charge < -0.3 is 9.80 Å². The van der Waals surface area contributed by atoms with Gasteiger partial charge in [0.2, 0.25) is 5.69 Å². The van der Waals surface area contributed by atoms with Gasteiger partial charge in [0.25, 0.3) is 0 Å². The van der Waals surface area contributed by atoms with E-state index in [1.807, 2.05) is 90.8 Å². The summed E-state index contributed by atoms with van der Waals surface area (Å²) >= 11 is 0. The van der Waals surface area contributed by atoms with Crippen LogP contribution in [0, 0.1) is 12.7 Å². The second-order valence-corrected chi connectivity index (χ2v) is 7.98. The zero-order chi connectivity index (χ0) is 22.2. The number of anilines is 1. The number of benzene rings is 2. The molecule has 3 aliphatic heterocycles. The normalized spacial score (nSPS) is 16.3. The molecule has 2 aromatic heterocycles. The Morgan fingerprint density at radius 1 is 0.912 bits per heavy atom. The predicted octanol–water partition coefficient (Wildman–Crippen LogP) is 3.52. The van der Waals surface area contributed by atoms with E-state index in [0.717, 1.165) is 33.5 Å². The number of rotatable bonds is 1. The summed E-state index contributed by atoms with van der Waals surface area (Å²) in [4.78, 5) is 13.2. The Bertz CT molecular complexity index is 1480. The monoisotopic (exact) mass is 620 g/mol. The Balaban J connectivity index is 0.000000159. The Morgan fingerprint density at radius 3 is 2.56 bits per heavy atom. The van der Waals surface area contributed by atoms with E-state index in [4.69, 9.17) is 0 Å². The fourth-order valence-electron chi connectivity index (χ4n) is 4.39. The van der Waals surface area contributed by atoms with Crippen molar-refractivity contribution in [1.82, 2.24) is 19.4 Å². The van der Waals surface area contributed by atoms with Crippen LogP contribution in [0.4, 0.5) is 11.4 Å². The number of hydrogen-bond donors (Lipinski definition) is 0. The third kappa shape index (κ3) is 3.85. The van der Waals surface area contributed by atoms with Crippen molar-refractivity contribution in [2.45, 2.75) is 6.04 Å². The second-order valence-electron chi connectivity index (χ2n) is 7.98. The molecule has 2 aromatic carbocycles. The molecule has 5 heterocycles. The summed E-state index contributed by atoms with van der Waals surface area (Å²) in [6.45, 7) is 2.01. The molecule has 0 aliphatic carbocycles. The minimum atomic E-state index is 0. The van der Waals surface area contributed by atoms with Gasteiger partial charge >= 0.3 is 20.1 Å². The topological polar surface area (TPSA) is 35.3 Å². The van der Waals surface area contributed by atoms with Crippen LogP contribution < -0.4 is 20.1 Å². The van der Waals surface area contributed by atoms with Crippen molar-refractivity contribution in [1.29, 1.82) is 0 Å². The minimum Gasteiger partial charge on any atom is -0.510 e. The Labute approximate surface area is 212 Å². The van der Waals surface area contributed by atoms with Crippen LogP contribution in [0.25, 0.3) is 17.3 Å². The molecule has 0 amide bonds. The van der Waals surface area contributed by atoms with E-state index < -0.39 is 0 Å². The van der Waals surface area contributed by atoms with E-state index >= 15 is 0 Å². The smallest absolute Gasteiger partial charge is 0.510 e. The summed E-state index contributed by atoms with van der Waals surface area (Å²) in [6, 6.07) is 27.6. The van der Waals surface area contributed by atoms with Crippen LogP contribution in [-0.2, 0) is 20.1 Å². The number of pyridine rings is 2. The maximum absolute atomic E-state index is 4.60. The van der Waals surface area contributed by atoms with Gasteiger partial charge in [-0.05, 0) is 43.7 Å². The van der Waals surface area contributed by atoms with E-state index in [2.05, 4.69) is 57.0 Å². The largest absolute Gasteiger partial charge is 3.00 e. The van der Waals surface area contributed by atoms with E-state index in [0.29, 0.717) is 0 Å². The van der Waals surface area contributed by atoms with Crippen molar-refractivity contribution in [2.75, 3.05) is 11.9 Å². The summed E-state index contributed by atoms with van der Waals surface area (Å²) in [5.74, 6) is 0. The quantitative estimate of drug-likeness (QED) is 0.242. The standard InChI is InChI=1S/C18H11N3.C10H10N2.Ir/c1-2-7-14-12(5-1)11-16-18-13(6-3-9-20-18)17-15(21(14)16)8-4-10-19-17;1-11-7-8-12(9-11)10-5-3-2-4-6-10;/h1-10,16H;2-5,7-9H,1H3;/q;-2;+3. The van der Waals surface area contributed by atoms with Crippen molar-refractivity contribution in [2.24, 2.45) is 0 Å². The molecule has 0 spiro atoms. The molecule has 0 fully saturated rings. The average molecular weight is 620 g/mol. The summed E-state index contributed by atoms with van der Waals surface area (Å²) in [7, 11) is 2.00. The summed E-state index contributed by atoms with van der Waals surface area (Å²) < 4.78 is 2.28. The van der Waals surface area contributed by atoms with Gasteiger partial charge in [-0.15, -0.1) is 23.0 Å². The average Bonchev–Trinajstić information content (AvgIpc) is 3.49. The minimum absolute atomic E-state index is 0. The van der Waals surface area contributed by atoms with Gasteiger partial charge in [-0.25, -0.2) is 9.56 Å². The molecule has 0 bridgehead atoms. The molecule has 1 atom stereocenters. The molecular weight excluding hydrogens is 599 g/mol. The molecule has 3 aliphatic rings. The third-order valence-corrected chi connectivity index (χ3v) is 5.85. The van der Waals surface area contributed by atoms with Crippen LogP contribution in [0.3, 0.4) is 0 Å². The van der Waals surface area contributed by atoms with Crippen LogP contribution in [0.5, 0.6) is 0 Å². The van der Waals surface area contributed by atoms with Gasteiger partial charge in [-0.2, -0.15) is 43.1 Å². The van der Waals surface area contributed by atoms with E-state index in [1.165, 1.54) is 5.36 Å². The molecule has 4 aromatic rings. The molecule has 34 heavy (non-hydrogen) atoms. The number of aromatic nitrogens is 2. The van der Waals surface area contributed by atoms with Gasteiger partial charge in [-0.1, -0.05) is 6.07 Å². The van der Waals surface area contributed by atoms with Gasteiger partial charge in [0.1, 0.15) is 16.7 Å². The second kappa shape index (κ2) is 9.33. The number of nitrogens with zero attached hydrogens (tertiary/aromatic N) is 5. The van der Waals surface area contributed by atoms with Crippen molar-refractivity contribution in [3.05, 3.63) is 127 Å². The van der Waals surface area contributed by atoms with Crippen molar-refractivity contribution in [3.8, 4) is 11.3 Å². The third-order valence-electron chi connectivity index (χ3n) is 5.85. The first-order chi connectivity index (χ1) is 16.3. The summed E-state index contributed by atoms with van der Waals surface area (Å²) in [6.07, 6.45) is 11.3. The zero-order valence-electron chi connectivity index (χ0n) is 18.5. The zero-order valence-corrected chi connectivity index (χ0v) is 20.9. The summed E-state index contributed by atoms with van der Waals surface area (Å²) in [5, 5.41) is 2.31. The SMILES string of the molecule is CN1C=CN(c2[c-]cccc2)[CH-]1.[C-]1=c2ccccc2=[N+]2c3cccnc3-c3cccnc3C12.[Ir+3]. The Kier molecular flexibility index (Phi) is 6.10. The van der Waals surface area contributed by atoms with Crippen molar-refractivity contribution < 1.29 is 20.1 Å². The predicted molar refractivity (Wildman–Crippen MR) is 129 cm³/mol. The molecular formula is C28H21IrN5+. The first kappa shape index (κ1) is 22.2. The van der Waals surface area contributed by atoms with E-state index in [9.17, 15) is 0 Å². The maximum Gasteiger partial charge on any atom is 3.00 e. The molecule has 0 saturated heterocycles. The molecule has 5 nitrogen and oxygen atoms in total. The fourth-order valence-corrected chi connectivity index (χ4v) is 4.39. The maximum atomic E-state index is 4.60. The number of fused-ring (bicyclic) bond motifs is 7. The molecule has 6 heteroatoms. The van der Waals surface area contributed by atoms with Gasteiger partial charge in [0, 0.05) is 24.0 Å². The van der Waals surface area contributed by atoms with Crippen LogP contribution in [0.1, 0.15) is 11.7 Å². The van der Waals surface area contributed by atoms with E-state index in [-0.39, 0.29) is 26.1 Å². The molecule has 7 rings (SSSR count). The number of hydrogen-bond acceptors (Lipinski definition) is 4. The fraction of sp³-hybridized carbons (Fsp3) is 0.0714. The number of para-hydroxylation sites is 2. The Morgan fingerprint density at radius 2 is 1.74 bits per heavy atom. The Hall–Kier alpha value is -3.60. The van der Waals surface area contributed by atoms with E-state index in [1.54, 1.807) is 0 Å². The van der Waals surface area contributed by atoms with Crippen LogP contribution in [-0.4, -0.2) is 21.9 Å². The van der Waals surface area contributed by atoms with Gasteiger partial charge in [0.05, 0.1) is 0 Å². The molecule has 0 saturated carbocycles. The first-order valence-corrected chi connectivity index (χ1v) is 10.8. The van der Waals surface area contributed by atoms with Crippen molar-refractivity contribution in [3.63, 3.8) is 0 Å². The van der Waals surface area contributed by atoms with Crippen LogP contribution >= 0.6 is 0 Å². The molecule has 1 unspecified atom stereocenters. The first-order valence-electron chi connectivity index (χ1n) is 10.8. The van der Waals surface area contributed by atoms with Gasteiger partial charge in [0.15, 0.2) is 6.04 Å². The van der Waals surface area contributed by atoms with Crippen LogP contribution in [0.15, 0.2) is 97.6 Å². The molecule has 0 radical (unpaired) electrons. The van der Waals surface area contributed by atoms with Gasteiger partial charge in [-0.3, -0.25) is 4.98 Å².